The van der Waals surface area contributed by atoms with Crippen molar-refractivity contribution >= 4 is 11.6 Å². The van der Waals surface area contributed by atoms with Crippen molar-refractivity contribution in [3.63, 3.8) is 0 Å². The standard InChI is InChI=1S/C40H44O4/c1-27(17-13-19-29(3)21-23-33-31(5)37(43)35(41)25-39(33,7)8)15-11-12-16-28(2)18-14-20-30(4)22-24-34-32(6)38(44)36(42)26-40(34,9)10/h11-20,25-26,41-42H,1-10H3/b12-11+,17-13+,18-14+,27-15+,28-16+,29-19+,30-20+. The number of aliphatic hydroxyl groups excluding tert-OH is 2. The molecule has 0 bridgehead atoms. The van der Waals surface area contributed by atoms with Crippen LogP contribution in [-0.4, -0.2) is 21.8 Å². The second kappa shape index (κ2) is 15.1. The molecule has 0 fully saturated rings. The van der Waals surface area contributed by atoms with Gasteiger partial charge in [-0.1, -0.05) is 123 Å². The van der Waals surface area contributed by atoms with Gasteiger partial charge in [-0.05, 0) is 64.8 Å². The van der Waals surface area contributed by atoms with Crippen LogP contribution < -0.4 is 0 Å². The Kier molecular flexibility index (Phi) is 12.1. The fourth-order valence-corrected chi connectivity index (χ4v) is 4.67. The molecule has 0 unspecified atom stereocenters. The van der Waals surface area contributed by atoms with Gasteiger partial charge in [-0.15, -0.1) is 0 Å². The lowest BCUT2D eigenvalue weighted by molar-refractivity contribution is -0.115. The zero-order chi connectivity index (χ0) is 33.2. The van der Waals surface area contributed by atoms with E-state index in [1.54, 1.807) is 26.0 Å². The van der Waals surface area contributed by atoms with Gasteiger partial charge in [-0.2, -0.15) is 0 Å². The fraction of sp³-hybridized carbons (Fsp3) is 0.300. The predicted molar refractivity (Wildman–Crippen MR) is 182 cm³/mol. The summed E-state index contributed by atoms with van der Waals surface area (Å²) in [6.07, 6.45) is 22.9. The summed E-state index contributed by atoms with van der Waals surface area (Å²) in [5, 5.41) is 19.7. The number of aliphatic hydroxyl groups is 2. The van der Waals surface area contributed by atoms with Crippen LogP contribution in [0.5, 0.6) is 0 Å². The molecule has 2 rings (SSSR count). The summed E-state index contributed by atoms with van der Waals surface area (Å²) in [6.45, 7) is 19.0. The molecule has 0 aromatic heterocycles. The lowest BCUT2D eigenvalue weighted by Crippen LogP contribution is -2.23. The van der Waals surface area contributed by atoms with E-state index in [4.69, 9.17) is 0 Å². The highest BCUT2D eigenvalue weighted by molar-refractivity contribution is 6.09. The first-order valence-electron chi connectivity index (χ1n) is 14.6. The summed E-state index contributed by atoms with van der Waals surface area (Å²) in [5.41, 5.74) is 5.31. The minimum absolute atomic E-state index is 0.217. The van der Waals surface area contributed by atoms with E-state index in [0.29, 0.717) is 11.1 Å². The Balaban J connectivity index is 1.98. The number of rotatable bonds is 6. The molecular weight excluding hydrogens is 544 g/mol. The average molecular weight is 589 g/mol. The minimum Gasteiger partial charge on any atom is -0.504 e. The van der Waals surface area contributed by atoms with E-state index < -0.39 is 10.8 Å². The van der Waals surface area contributed by atoms with Crippen LogP contribution >= 0.6 is 0 Å². The van der Waals surface area contributed by atoms with Crippen molar-refractivity contribution in [2.24, 2.45) is 10.8 Å². The first kappa shape index (κ1) is 35.4. The van der Waals surface area contributed by atoms with E-state index in [2.05, 4.69) is 23.7 Å². The summed E-state index contributed by atoms with van der Waals surface area (Å²) in [4.78, 5) is 24.3. The molecule has 0 heterocycles. The van der Waals surface area contributed by atoms with Gasteiger partial charge in [0, 0.05) is 33.1 Å². The second-order valence-corrected chi connectivity index (χ2v) is 12.3. The fourth-order valence-electron chi connectivity index (χ4n) is 4.67. The highest BCUT2D eigenvalue weighted by atomic mass is 16.3. The van der Waals surface area contributed by atoms with Crippen LogP contribution in [0.3, 0.4) is 0 Å². The van der Waals surface area contributed by atoms with Gasteiger partial charge in [0.1, 0.15) is 0 Å². The van der Waals surface area contributed by atoms with E-state index in [1.807, 2.05) is 116 Å². The molecule has 228 valence electrons. The molecule has 0 aliphatic heterocycles. The summed E-state index contributed by atoms with van der Waals surface area (Å²) in [5.74, 6) is 11.3. The Morgan fingerprint density at radius 1 is 0.614 bits per heavy atom. The smallest absolute Gasteiger partial charge is 0.223 e. The molecule has 0 saturated heterocycles. The Hall–Kier alpha value is -4.80. The van der Waals surface area contributed by atoms with Crippen LogP contribution in [0.2, 0.25) is 0 Å². The van der Waals surface area contributed by atoms with Crippen molar-refractivity contribution in [2.45, 2.75) is 69.2 Å². The van der Waals surface area contributed by atoms with Gasteiger partial charge in [0.2, 0.25) is 11.6 Å². The number of carbonyl (C=O) groups is 2. The number of allylic oxidation sites excluding steroid dienone is 20. The summed E-state index contributed by atoms with van der Waals surface area (Å²) in [7, 11) is 0. The molecule has 2 N–H and O–H groups in total. The Morgan fingerprint density at radius 3 is 1.30 bits per heavy atom. The highest BCUT2D eigenvalue weighted by Gasteiger charge is 2.32. The van der Waals surface area contributed by atoms with Crippen LogP contribution in [-0.2, 0) is 9.59 Å². The lowest BCUT2D eigenvalue weighted by Gasteiger charge is -2.26. The first-order valence-corrected chi connectivity index (χ1v) is 14.6. The molecule has 0 atom stereocenters. The molecule has 4 nitrogen and oxygen atoms in total. The first-order chi connectivity index (χ1) is 20.5. The number of carbonyl (C=O) groups excluding carboxylic acids is 2. The maximum atomic E-state index is 12.1. The van der Waals surface area contributed by atoms with E-state index in [0.717, 1.165) is 33.4 Å². The monoisotopic (exact) mass is 588 g/mol. The third kappa shape index (κ3) is 9.89. The predicted octanol–water partition coefficient (Wildman–Crippen LogP) is 9.18. The van der Waals surface area contributed by atoms with Gasteiger partial charge >= 0.3 is 0 Å². The highest BCUT2D eigenvalue weighted by Crippen LogP contribution is 2.36. The van der Waals surface area contributed by atoms with E-state index in [9.17, 15) is 19.8 Å². The molecule has 2 aliphatic carbocycles. The van der Waals surface area contributed by atoms with Crippen LogP contribution in [0.15, 0.2) is 129 Å². The molecule has 4 heteroatoms. The number of ketones is 2. The maximum Gasteiger partial charge on any atom is 0.223 e. The van der Waals surface area contributed by atoms with E-state index >= 15 is 0 Å². The molecule has 0 amide bonds. The Morgan fingerprint density at radius 2 is 0.955 bits per heavy atom. The molecular formula is C40H44O4. The van der Waals surface area contributed by atoms with Crippen LogP contribution in [0, 0.1) is 34.5 Å². The SMILES string of the molecule is CC1=C(C#C/C(C)=C/C=C/C(C)=C/C=C/C=C(C)/C=C/C=C(\C)C#CC2=C(C)C(=O)C(O)=CC2(C)C)C(C)(C)C=C(O)C1=O. The van der Waals surface area contributed by atoms with E-state index in [-0.39, 0.29) is 23.1 Å². The maximum absolute atomic E-state index is 12.1. The zero-order valence-electron chi connectivity index (χ0n) is 27.6. The molecule has 0 saturated carbocycles. The molecule has 2 aliphatic rings. The van der Waals surface area contributed by atoms with Crippen molar-refractivity contribution in [1.29, 1.82) is 0 Å². The van der Waals surface area contributed by atoms with Crippen LogP contribution in [0.1, 0.15) is 69.2 Å². The number of hydrogen-bond acceptors (Lipinski definition) is 4. The second-order valence-electron chi connectivity index (χ2n) is 12.3. The third-order valence-electron chi connectivity index (χ3n) is 7.19. The third-order valence-corrected chi connectivity index (χ3v) is 7.19. The Labute approximate surface area is 263 Å². The zero-order valence-corrected chi connectivity index (χ0v) is 27.6. The van der Waals surface area contributed by atoms with Crippen LogP contribution in [0.4, 0.5) is 0 Å². The Bertz CT molecular complexity index is 1560. The molecule has 0 radical (unpaired) electrons. The van der Waals surface area contributed by atoms with Crippen molar-refractivity contribution in [1.82, 2.24) is 0 Å². The van der Waals surface area contributed by atoms with Gasteiger partial charge < -0.3 is 10.2 Å². The van der Waals surface area contributed by atoms with Gasteiger partial charge in [0.15, 0.2) is 11.5 Å². The van der Waals surface area contributed by atoms with Crippen molar-refractivity contribution in [3.05, 3.63) is 129 Å². The van der Waals surface area contributed by atoms with Crippen molar-refractivity contribution in [2.75, 3.05) is 0 Å². The lowest BCUT2D eigenvalue weighted by atomic mass is 9.76. The van der Waals surface area contributed by atoms with Gasteiger partial charge in [0.05, 0.1) is 0 Å². The van der Waals surface area contributed by atoms with Gasteiger partial charge in [-0.25, -0.2) is 0 Å². The van der Waals surface area contributed by atoms with Gasteiger partial charge in [-0.3, -0.25) is 9.59 Å². The topological polar surface area (TPSA) is 74.6 Å². The van der Waals surface area contributed by atoms with Gasteiger partial charge in [0.25, 0.3) is 0 Å². The van der Waals surface area contributed by atoms with E-state index in [1.165, 1.54) is 0 Å². The number of Topliss-reactive ketones (excluding diaryl/α,β-unsaturated/α-hetero) is 2. The largest absolute Gasteiger partial charge is 0.504 e. The minimum atomic E-state index is -0.498. The quantitative estimate of drug-likeness (QED) is 0.240. The summed E-state index contributed by atoms with van der Waals surface area (Å²) in [6, 6.07) is 0. The summed E-state index contributed by atoms with van der Waals surface area (Å²) < 4.78 is 0. The van der Waals surface area contributed by atoms with Crippen molar-refractivity contribution < 1.29 is 19.8 Å². The number of hydrogen-bond donors (Lipinski definition) is 2. The average Bonchev–Trinajstić information content (AvgIpc) is 2.92. The summed E-state index contributed by atoms with van der Waals surface area (Å²) >= 11 is 0. The van der Waals surface area contributed by atoms with Crippen molar-refractivity contribution in [3.8, 4) is 23.7 Å². The van der Waals surface area contributed by atoms with Crippen LogP contribution in [0.25, 0.3) is 0 Å². The molecule has 0 spiro atoms. The normalized spacial score (nSPS) is 19.8. The molecule has 0 aromatic rings. The molecule has 44 heavy (non-hydrogen) atoms. The molecule has 0 aromatic carbocycles.